The summed E-state index contributed by atoms with van der Waals surface area (Å²) in [7, 11) is -4.01. The van der Waals surface area contributed by atoms with Gasteiger partial charge in [0.25, 0.3) is 0 Å². The summed E-state index contributed by atoms with van der Waals surface area (Å²) >= 11 is 0. The van der Waals surface area contributed by atoms with Crippen LogP contribution in [0.3, 0.4) is 0 Å². The Morgan fingerprint density at radius 3 is 1.74 bits per heavy atom. The molecule has 1 aliphatic heterocycles. The average Bonchev–Trinajstić information content (AvgIpc) is 2.71. The molecule has 0 fully saturated rings. The number of aromatic hydroxyl groups is 1. The third kappa shape index (κ3) is 5.62. The van der Waals surface area contributed by atoms with E-state index < -0.39 is 16.6 Å². The second-order valence-corrected chi connectivity index (χ2v) is 21.9. The van der Waals surface area contributed by atoms with Crippen LogP contribution in [0.25, 0.3) is 11.1 Å². The van der Waals surface area contributed by atoms with E-state index in [0.29, 0.717) is 17.1 Å². The Labute approximate surface area is 213 Å². The fourth-order valence-corrected chi connectivity index (χ4v) is 5.53. The Hall–Kier alpha value is -2.23. The van der Waals surface area contributed by atoms with Gasteiger partial charge in [-0.05, 0) is 66.1 Å². The average molecular weight is 515 g/mol. The fraction of sp³-hybridized carbons (Fsp3) is 0.500. The van der Waals surface area contributed by atoms with Crippen molar-refractivity contribution in [2.45, 2.75) is 77.8 Å². The van der Waals surface area contributed by atoms with Crippen LogP contribution >= 0.6 is 0 Å². The summed E-state index contributed by atoms with van der Waals surface area (Å²) in [5.41, 5.74) is 2.98. The van der Waals surface area contributed by atoms with Gasteiger partial charge < -0.3 is 23.8 Å². The molecule has 0 radical (unpaired) electrons. The normalized spacial score (nSPS) is 14.9. The van der Waals surface area contributed by atoms with Gasteiger partial charge in [0.1, 0.15) is 29.6 Å². The zero-order chi connectivity index (χ0) is 26.4. The summed E-state index contributed by atoms with van der Waals surface area (Å²) in [4.78, 5) is 0. The number of fused-ring (bicyclic) bond motifs is 1. The molecule has 1 aliphatic rings. The van der Waals surface area contributed by atoms with Crippen LogP contribution in [0.4, 0.5) is 0 Å². The van der Waals surface area contributed by atoms with Gasteiger partial charge in [0.15, 0.2) is 0 Å². The first kappa shape index (κ1) is 27.4. The molecule has 0 saturated carbocycles. The van der Waals surface area contributed by atoms with Crippen molar-refractivity contribution in [2.24, 2.45) is 0 Å². The minimum Gasteiger partial charge on any atom is -0.543 e. The van der Waals surface area contributed by atoms with Gasteiger partial charge in [-0.1, -0.05) is 41.5 Å². The number of rotatable bonds is 6. The molecule has 35 heavy (non-hydrogen) atoms. The molecule has 5 nitrogen and oxygen atoms in total. The molecule has 1 heterocycles. The van der Waals surface area contributed by atoms with Gasteiger partial charge in [-0.2, -0.15) is 0 Å². The summed E-state index contributed by atoms with van der Waals surface area (Å²) < 4.78 is 18.9. The van der Waals surface area contributed by atoms with Crippen molar-refractivity contribution >= 4 is 27.8 Å². The molecule has 192 valence electrons. The molecule has 2 N–H and O–H groups in total. The number of phenols is 1. The maximum Gasteiger partial charge on any atom is 0.250 e. The van der Waals surface area contributed by atoms with Crippen LogP contribution in [0.15, 0.2) is 36.4 Å². The molecular formula is C28H42O5Si2. The van der Waals surface area contributed by atoms with E-state index in [1.54, 1.807) is 6.07 Å². The Balaban J connectivity index is 1.94. The summed E-state index contributed by atoms with van der Waals surface area (Å²) in [5, 5.41) is 21.3. The molecule has 0 bridgehead atoms. The van der Waals surface area contributed by atoms with Gasteiger partial charge in [0.05, 0.1) is 6.61 Å². The van der Waals surface area contributed by atoms with E-state index in [2.05, 4.69) is 67.7 Å². The van der Waals surface area contributed by atoms with Gasteiger partial charge in [0, 0.05) is 28.8 Å². The molecule has 0 unspecified atom stereocenters. The lowest BCUT2D eigenvalue weighted by atomic mass is 9.92. The number of hydrogen-bond acceptors (Lipinski definition) is 5. The van der Waals surface area contributed by atoms with Crippen LogP contribution in [-0.2, 0) is 0 Å². The zero-order valence-corrected chi connectivity index (χ0v) is 25.0. The molecule has 0 atom stereocenters. The Bertz CT molecular complexity index is 1120. The smallest absolute Gasteiger partial charge is 0.250 e. The van der Waals surface area contributed by atoms with Crippen molar-refractivity contribution in [1.82, 2.24) is 0 Å². The zero-order valence-electron chi connectivity index (χ0n) is 23.0. The largest absolute Gasteiger partial charge is 0.543 e. The van der Waals surface area contributed by atoms with E-state index in [9.17, 15) is 10.2 Å². The minimum atomic E-state index is -2.02. The standard InChI is InChI=1S/C28H42O5Si2/c1-27(2,3)34(7,8)32-19-11-13-21(25(30)15-19)24-18-31-26-16-20(12-14-22(26)23(24)17-29)33-35(9,10)28(4,5)6/h11-16,29-30H,17-18H2,1-10H3. The molecule has 3 rings (SSSR count). The molecule has 0 aliphatic carbocycles. The summed E-state index contributed by atoms with van der Waals surface area (Å²) in [6.07, 6.45) is 0. The first-order valence-corrected chi connectivity index (χ1v) is 18.1. The van der Waals surface area contributed by atoms with E-state index in [0.717, 1.165) is 22.5 Å². The predicted molar refractivity (Wildman–Crippen MR) is 150 cm³/mol. The Kier molecular flexibility index (Phi) is 7.30. The van der Waals surface area contributed by atoms with Crippen molar-refractivity contribution in [2.75, 3.05) is 13.2 Å². The Morgan fingerprint density at radius 1 is 0.800 bits per heavy atom. The second kappa shape index (κ2) is 9.34. The topological polar surface area (TPSA) is 68.2 Å². The summed E-state index contributed by atoms with van der Waals surface area (Å²) in [6, 6.07) is 11.2. The lowest BCUT2D eigenvalue weighted by Gasteiger charge is -2.37. The lowest BCUT2D eigenvalue weighted by Crippen LogP contribution is -2.43. The van der Waals surface area contributed by atoms with Crippen LogP contribution in [0, 0.1) is 0 Å². The molecule has 0 aromatic heterocycles. The molecule has 0 spiro atoms. The van der Waals surface area contributed by atoms with Crippen LogP contribution < -0.4 is 13.6 Å². The highest BCUT2D eigenvalue weighted by atomic mass is 28.4. The highest BCUT2D eigenvalue weighted by Crippen LogP contribution is 2.44. The highest BCUT2D eigenvalue weighted by molar-refractivity contribution is 6.75. The van der Waals surface area contributed by atoms with E-state index in [1.165, 1.54) is 0 Å². The number of hydrogen-bond donors (Lipinski definition) is 2. The molecular weight excluding hydrogens is 472 g/mol. The van der Waals surface area contributed by atoms with E-state index in [4.69, 9.17) is 13.6 Å². The molecule has 0 amide bonds. The Morgan fingerprint density at radius 2 is 1.29 bits per heavy atom. The van der Waals surface area contributed by atoms with Crippen molar-refractivity contribution < 1.29 is 23.8 Å². The van der Waals surface area contributed by atoms with Gasteiger partial charge in [-0.25, -0.2) is 0 Å². The predicted octanol–water partition coefficient (Wildman–Crippen LogP) is 7.46. The fourth-order valence-electron chi connectivity index (χ4n) is 3.48. The first-order chi connectivity index (χ1) is 16.0. The monoisotopic (exact) mass is 514 g/mol. The van der Waals surface area contributed by atoms with Crippen LogP contribution in [0.5, 0.6) is 23.0 Å². The van der Waals surface area contributed by atoms with Gasteiger partial charge in [-0.15, -0.1) is 0 Å². The number of phenolic OH excluding ortho intramolecular Hbond substituents is 1. The van der Waals surface area contributed by atoms with Gasteiger partial charge >= 0.3 is 0 Å². The second-order valence-electron chi connectivity index (χ2n) is 12.5. The number of aliphatic hydroxyl groups excluding tert-OH is 1. The first-order valence-electron chi connectivity index (χ1n) is 12.3. The van der Waals surface area contributed by atoms with Crippen molar-refractivity contribution in [1.29, 1.82) is 0 Å². The van der Waals surface area contributed by atoms with E-state index in [-0.39, 0.29) is 29.0 Å². The van der Waals surface area contributed by atoms with E-state index >= 15 is 0 Å². The minimum absolute atomic E-state index is 0.0575. The summed E-state index contributed by atoms with van der Waals surface area (Å²) in [5.74, 6) is 2.25. The van der Waals surface area contributed by atoms with Crippen molar-refractivity contribution in [3.8, 4) is 23.0 Å². The van der Waals surface area contributed by atoms with E-state index in [1.807, 2.05) is 30.3 Å². The molecule has 2 aromatic rings. The molecule has 7 heteroatoms. The number of benzene rings is 2. The quantitative estimate of drug-likeness (QED) is 0.392. The van der Waals surface area contributed by atoms with Crippen LogP contribution in [0.2, 0.25) is 36.3 Å². The molecule has 0 saturated heterocycles. The number of ether oxygens (including phenoxy) is 1. The third-order valence-corrected chi connectivity index (χ3v) is 16.5. The third-order valence-electron chi connectivity index (χ3n) is 7.83. The van der Waals surface area contributed by atoms with Crippen molar-refractivity contribution in [3.63, 3.8) is 0 Å². The van der Waals surface area contributed by atoms with Gasteiger partial charge in [-0.3, -0.25) is 0 Å². The maximum atomic E-state index is 10.9. The molecule has 2 aromatic carbocycles. The van der Waals surface area contributed by atoms with Crippen molar-refractivity contribution in [3.05, 3.63) is 47.5 Å². The van der Waals surface area contributed by atoms with Crippen LogP contribution in [-0.4, -0.2) is 40.1 Å². The summed E-state index contributed by atoms with van der Waals surface area (Å²) in [6.45, 7) is 22.1. The lowest BCUT2D eigenvalue weighted by molar-refractivity contribution is 0.336. The highest BCUT2D eigenvalue weighted by Gasteiger charge is 2.40. The maximum absolute atomic E-state index is 10.9. The SMILES string of the molecule is CC(C)(C)[Si](C)(C)Oc1ccc(C2=C(CO)c3ccc(O[Si](C)(C)C(C)(C)C)cc3OC2)c(O)c1. The van der Waals surface area contributed by atoms with Crippen LogP contribution in [0.1, 0.15) is 52.7 Å². The van der Waals surface area contributed by atoms with Gasteiger partial charge in [0.2, 0.25) is 16.6 Å². The number of aliphatic hydroxyl groups is 1.